The Hall–Kier alpha value is -1.37. The van der Waals surface area contributed by atoms with Gasteiger partial charge in [-0.25, -0.2) is 8.42 Å². The Morgan fingerprint density at radius 1 is 1.50 bits per heavy atom. The van der Waals surface area contributed by atoms with E-state index in [-0.39, 0.29) is 35.9 Å². The quantitative estimate of drug-likeness (QED) is 0.674. The van der Waals surface area contributed by atoms with Gasteiger partial charge in [0.25, 0.3) is 0 Å². The van der Waals surface area contributed by atoms with Crippen molar-refractivity contribution in [3.8, 4) is 0 Å². The van der Waals surface area contributed by atoms with Crippen LogP contribution < -0.4 is 5.32 Å². The molecule has 0 aromatic heterocycles. The van der Waals surface area contributed by atoms with Gasteiger partial charge in [0, 0.05) is 19.5 Å². The molecule has 1 saturated heterocycles. The van der Waals surface area contributed by atoms with Crippen LogP contribution in [0.2, 0.25) is 0 Å². The molecule has 0 aliphatic carbocycles. The Kier molecular flexibility index (Phi) is 4.89. The number of hydrogen-bond donors (Lipinski definition) is 1. The van der Waals surface area contributed by atoms with Gasteiger partial charge in [-0.3, -0.25) is 9.59 Å². The summed E-state index contributed by atoms with van der Waals surface area (Å²) >= 11 is 0. The molecule has 1 aliphatic rings. The Bertz CT molecular complexity index is 444. The highest BCUT2D eigenvalue weighted by molar-refractivity contribution is 7.91. The highest BCUT2D eigenvalue weighted by Crippen LogP contribution is 2.17. The van der Waals surface area contributed by atoms with Crippen LogP contribution in [-0.4, -0.2) is 55.8 Å². The summed E-state index contributed by atoms with van der Waals surface area (Å²) in [5, 5.41) is 2.56. The highest BCUT2D eigenvalue weighted by atomic mass is 32.2. The van der Waals surface area contributed by atoms with Crippen molar-refractivity contribution in [3.05, 3.63) is 12.7 Å². The van der Waals surface area contributed by atoms with E-state index in [4.69, 9.17) is 0 Å². The number of carbonyl (C=O) groups is 2. The molecule has 102 valence electrons. The summed E-state index contributed by atoms with van der Waals surface area (Å²) in [4.78, 5) is 24.3. The molecule has 1 aliphatic heterocycles. The summed E-state index contributed by atoms with van der Waals surface area (Å²) in [6.45, 7) is 5.03. The second-order valence-electron chi connectivity index (χ2n) is 4.30. The van der Waals surface area contributed by atoms with Gasteiger partial charge in [0.2, 0.25) is 11.8 Å². The SMILES string of the molecule is C=CCNC(=O)CN(C(C)=O)C1CCS(=O)(=O)C1. The van der Waals surface area contributed by atoms with Crippen molar-refractivity contribution < 1.29 is 18.0 Å². The molecule has 1 atom stereocenters. The average Bonchev–Trinajstić information content (AvgIpc) is 2.63. The maximum absolute atomic E-state index is 11.5. The minimum Gasteiger partial charge on any atom is -0.351 e. The van der Waals surface area contributed by atoms with Crippen LogP contribution in [0.25, 0.3) is 0 Å². The molecule has 18 heavy (non-hydrogen) atoms. The average molecular weight is 274 g/mol. The van der Waals surface area contributed by atoms with E-state index in [2.05, 4.69) is 11.9 Å². The molecule has 1 fully saturated rings. The van der Waals surface area contributed by atoms with E-state index >= 15 is 0 Å². The molecule has 1 rings (SSSR count). The highest BCUT2D eigenvalue weighted by Gasteiger charge is 2.34. The lowest BCUT2D eigenvalue weighted by molar-refractivity contribution is -0.136. The molecule has 1 N–H and O–H groups in total. The maximum atomic E-state index is 11.5. The number of nitrogens with one attached hydrogen (secondary N) is 1. The first-order valence-electron chi connectivity index (χ1n) is 5.71. The zero-order valence-electron chi connectivity index (χ0n) is 10.4. The summed E-state index contributed by atoms with van der Waals surface area (Å²) in [7, 11) is -3.07. The molecule has 0 bridgehead atoms. The zero-order chi connectivity index (χ0) is 13.8. The lowest BCUT2D eigenvalue weighted by atomic mass is 10.2. The Balaban J connectivity index is 2.64. The molecule has 0 radical (unpaired) electrons. The minimum absolute atomic E-state index is 0.0542. The molecule has 2 amide bonds. The molecule has 0 saturated carbocycles. The Labute approximate surface area is 107 Å². The van der Waals surface area contributed by atoms with Gasteiger partial charge >= 0.3 is 0 Å². The third-order valence-electron chi connectivity index (χ3n) is 2.81. The molecule has 7 heteroatoms. The predicted octanol–water partition coefficient (Wildman–Crippen LogP) is -0.676. The zero-order valence-corrected chi connectivity index (χ0v) is 11.2. The Morgan fingerprint density at radius 3 is 2.61 bits per heavy atom. The number of carbonyl (C=O) groups excluding carboxylic acids is 2. The molecule has 0 aromatic carbocycles. The molecule has 0 spiro atoms. The number of rotatable bonds is 5. The fourth-order valence-corrected chi connectivity index (χ4v) is 3.65. The summed E-state index contributed by atoms with van der Waals surface area (Å²) in [6.07, 6.45) is 1.94. The van der Waals surface area contributed by atoms with E-state index in [9.17, 15) is 18.0 Å². The predicted molar refractivity (Wildman–Crippen MR) is 67.7 cm³/mol. The van der Waals surface area contributed by atoms with Crippen LogP contribution in [0.3, 0.4) is 0 Å². The number of hydrogen-bond acceptors (Lipinski definition) is 4. The molecular formula is C11H18N2O4S. The van der Waals surface area contributed by atoms with E-state index in [1.807, 2.05) is 0 Å². The summed E-state index contributed by atoms with van der Waals surface area (Å²) < 4.78 is 22.7. The van der Waals surface area contributed by atoms with E-state index in [0.29, 0.717) is 13.0 Å². The molecule has 6 nitrogen and oxygen atoms in total. The lowest BCUT2D eigenvalue weighted by Crippen LogP contribution is -2.46. The van der Waals surface area contributed by atoms with Gasteiger partial charge in [-0.1, -0.05) is 6.08 Å². The smallest absolute Gasteiger partial charge is 0.239 e. The van der Waals surface area contributed by atoms with Crippen molar-refractivity contribution in [1.82, 2.24) is 10.2 Å². The van der Waals surface area contributed by atoms with E-state index in [1.54, 1.807) is 0 Å². The summed E-state index contributed by atoms with van der Waals surface area (Å²) in [6, 6.07) is -0.387. The Morgan fingerprint density at radius 2 is 2.17 bits per heavy atom. The first-order chi connectivity index (χ1) is 8.35. The second-order valence-corrected chi connectivity index (χ2v) is 6.53. The number of nitrogens with zero attached hydrogens (tertiary/aromatic N) is 1. The normalized spacial score (nSPS) is 21.3. The van der Waals surface area contributed by atoms with Crippen molar-refractivity contribution in [3.63, 3.8) is 0 Å². The van der Waals surface area contributed by atoms with Crippen LogP contribution in [0.1, 0.15) is 13.3 Å². The van der Waals surface area contributed by atoms with Crippen molar-refractivity contribution in [2.45, 2.75) is 19.4 Å². The van der Waals surface area contributed by atoms with Gasteiger partial charge < -0.3 is 10.2 Å². The number of amides is 2. The van der Waals surface area contributed by atoms with Crippen LogP contribution in [0.15, 0.2) is 12.7 Å². The van der Waals surface area contributed by atoms with Crippen molar-refractivity contribution >= 4 is 21.7 Å². The van der Waals surface area contributed by atoms with Gasteiger partial charge in [0.1, 0.15) is 0 Å². The standard InChI is InChI=1S/C11H18N2O4S/c1-3-5-12-11(15)7-13(9(2)14)10-4-6-18(16,17)8-10/h3,10H,1,4-8H2,2H3,(H,12,15). The van der Waals surface area contributed by atoms with Crippen LogP contribution in [0, 0.1) is 0 Å². The third-order valence-corrected chi connectivity index (χ3v) is 4.56. The van der Waals surface area contributed by atoms with Gasteiger partial charge in [0.15, 0.2) is 9.84 Å². The van der Waals surface area contributed by atoms with Crippen LogP contribution in [0.5, 0.6) is 0 Å². The molecular weight excluding hydrogens is 256 g/mol. The van der Waals surface area contributed by atoms with E-state index in [1.165, 1.54) is 17.9 Å². The van der Waals surface area contributed by atoms with Gasteiger partial charge in [-0.15, -0.1) is 6.58 Å². The topological polar surface area (TPSA) is 83.6 Å². The van der Waals surface area contributed by atoms with Gasteiger partial charge in [-0.2, -0.15) is 0 Å². The number of sulfone groups is 1. The monoisotopic (exact) mass is 274 g/mol. The molecule has 0 aromatic rings. The minimum atomic E-state index is -3.07. The van der Waals surface area contributed by atoms with Crippen molar-refractivity contribution in [2.24, 2.45) is 0 Å². The summed E-state index contributed by atoms with van der Waals surface area (Å²) in [5.41, 5.74) is 0. The van der Waals surface area contributed by atoms with Crippen LogP contribution >= 0.6 is 0 Å². The summed E-state index contributed by atoms with van der Waals surface area (Å²) in [5.74, 6) is -0.572. The largest absolute Gasteiger partial charge is 0.351 e. The lowest BCUT2D eigenvalue weighted by Gasteiger charge is -2.26. The van der Waals surface area contributed by atoms with Crippen molar-refractivity contribution in [2.75, 3.05) is 24.6 Å². The van der Waals surface area contributed by atoms with Crippen molar-refractivity contribution in [1.29, 1.82) is 0 Å². The van der Waals surface area contributed by atoms with E-state index < -0.39 is 9.84 Å². The molecule has 1 heterocycles. The van der Waals surface area contributed by atoms with Crippen LogP contribution in [-0.2, 0) is 19.4 Å². The fourth-order valence-electron chi connectivity index (χ4n) is 1.92. The first kappa shape index (κ1) is 14.7. The second kappa shape index (κ2) is 5.99. The van der Waals surface area contributed by atoms with Crippen LogP contribution in [0.4, 0.5) is 0 Å². The fraction of sp³-hybridized carbons (Fsp3) is 0.636. The van der Waals surface area contributed by atoms with Gasteiger partial charge in [-0.05, 0) is 6.42 Å². The maximum Gasteiger partial charge on any atom is 0.239 e. The van der Waals surface area contributed by atoms with E-state index in [0.717, 1.165) is 0 Å². The third kappa shape index (κ3) is 4.14. The van der Waals surface area contributed by atoms with Gasteiger partial charge in [0.05, 0.1) is 18.1 Å². The first-order valence-corrected chi connectivity index (χ1v) is 7.53. The molecule has 1 unspecified atom stereocenters.